The lowest BCUT2D eigenvalue weighted by molar-refractivity contribution is -0.134. The summed E-state index contributed by atoms with van der Waals surface area (Å²) < 4.78 is 17.3. The van der Waals surface area contributed by atoms with Crippen molar-refractivity contribution in [3.8, 4) is 0 Å². The molecule has 7 rings (SSSR count). The van der Waals surface area contributed by atoms with Crippen LogP contribution in [0.25, 0.3) is 10.9 Å². The Balaban J connectivity index is 1.02. The van der Waals surface area contributed by atoms with Crippen molar-refractivity contribution in [3.63, 3.8) is 0 Å². The van der Waals surface area contributed by atoms with Crippen LogP contribution in [0.15, 0.2) is 42.6 Å². The molecule has 0 spiro atoms. The van der Waals surface area contributed by atoms with E-state index in [1.165, 1.54) is 0 Å². The van der Waals surface area contributed by atoms with Crippen LogP contribution in [0.1, 0.15) is 42.0 Å². The fourth-order valence-corrected chi connectivity index (χ4v) is 6.45. The van der Waals surface area contributed by atoms with Gasteiger partial charge in [-0.15, -0.1) is 0 Å². The number of carbonyl (C=O) groups excluding carboxylic acids is 3. The molecular weight excluding hydrogens is 577 g/mol. The molecular formula is C32H34FN9O3. The van der Waals surface area contributed by atoms with Gasteiger partial charge < -0.3 is 20.4 Å². The predicted molar refractivity (Wildman–Crippen MR) is 169 cm³/mol. The first-order chi connectivity index (χ1) is 21.6. The Morgan fingerprint density at radius 2 is 1.87 bits per heavy atom. The number of imide groups is 1. The second-order valence-electron chi connectivity index (χ2n) is 12.0. The number of fused-ring (bicyclic) bond motifs is 2. The smallest absolute Gasteiger partial charge is 0.235 e. The van der Waals surface area contributed by atoms with E-state index in [9.17, 15) is 14.4 Å². The highest BCUT2D eigenvalue weighted by Crippen LogP contribution is 2.34. The van der Waals surface area contributed by atoms with Crippen molar-refractivity contribution in [1.29, 1.82) is 0 Å². The van der Waals surface area contributed by atoms with Gasteiger partial charge in [-0.3, -0.25) is 24.4 Å². The number of nitrogens with zero attached hydrogens (tertiary/aromatic N) is 6. The minimum Gasteiger partial charge on any atom is -0.379 e. The number of aryl methyl sites for hydroxylation is 2. The van der Waals surface area contributed by atoms with Crippen molar-refractivity contribution in [2.75, 3.05) is 40.6 Å². The lowest BCUT2D eigenvalue weighted by Gasteiger charge is -2.35. The van der Waals surface area contributed by atoms with Crippen molar-refractivity contribution >= 4 is 57.5 Å². The highest BCUT2D eigenvalue weighted by molar-refractivity contribution is 6.03. The predicted octanol–water partition coefficient (Wildman–Crippen LogP) is 3.48. The summed E-state index contributed by atoms with van der Waals surface area (Å²) >= 11 is 0. The number of benzene rings is 2. The summed E-state index contributed by atoms with van der Waals surface area (Å²) in [6.07, 6.45) is 2.18. The quantitative estimate of drug-likeness (QED) is 0.280. The first-order valence-corrected chi connectivity index (χ1v) is 15.1. The standard InChI is InChI=1S/C32H34FN9O3/c1-17-15-34-32(38-30(17)36-19-5-8-25-18(12-19)13-28(44)40(25)2)42-11-10-24(23(33)16-42)35-20-4-6-21-26(14-20)41(3)39-29(21)22-7-9-27(43)37-31(22)45/h4-6,8,12,14-15,22-24,35H,7,9-11,13,16H2,1-3H3,(H,34,36,38)(H,37,43,45)/t22?,23-,24+/m0/s1. The summed E-state index contributed by atoms with van der Waals surface area (Å²) in [7, 11) is 3.59. The number of anilines is 5. The van der Waals surface area contributed by atoms with Gasteiger partial charge in [0.15, 0.2) is 0 Å². The van der Waals surface area contributed by atoms with Gasteiger partial charge in [-0.1, -0.05) is 0 Å². The zero-order valence-corrected chi connectivity index (χ0v) is 25.3. The topological polar surface area (TPSA) is 137 Å². The summed E-state index contributed by atoms with van der Waals surface area (Å²) in [5.41, 5.74) is 5.79. The zero-order valence-electron chi connectivity index (χ0n) is 25.3. The Morgan fingerprint density at radius 3 is 2.67 bits per heavy atom. The van der Waals surface area contributed by atoms with Gasteiger partial charge in [-0.05, 0) is 61.7 Å². The zero-order chi connectivity index (χ0) is 31.4. The molecule has 3 aliphatic heterocycles. The SMILES string of the molecule is Cc1cnc(N2CC[C@@H](Nc3ccc4c(C5CCC(=O)NC5=O)nn(C)c4c3)[C@@H](F)C2)nc1Nc1ccc2c(c1)CC(=O)N2C. The highest BCUT2D eigenvalue weighted by Gasteiger charge is 2.33. The largest absolute Gasteiger partial charge is 0.379 e. The van der Waals surface area contributed by atoms with Crippen molar-refractivity contribution in [2.45, 2.75) is 50.7 Å². The highest BCUT2D eigenvalue weighted by atomic mass is 19.1. The molecule has 3 atom stereocenters. The first kappa shape index (κ1) is 28.7. The molecule has 12 nitrogen and oxygen atoms in total. The minimum atomic E-state index is -1.17. The third-order valence-electron chi connectivity index (χ3n) is 9.00. The molecule has 2 aromatic heterocycles. The normalized spacial score (nSPS) is 21.7. The summed E-state index contributed by atoms with van der Waals surface area (Å²) in [6.45, 7) is 2.63. The Kier molecular flexibility index (Phi) is 7.10. The van der Waals surface area contributed by atoms with E-state index in [0.717, 1.165) is 39.1 Å². The fourth-order valence-electron chi connectivity index (χ4n) is 6.45. The Bertz CT molecular complexity index is 1860. The van der Waals surface area contributed by atoms with Crippen LogP contribution < -0.4 is 25.8 Å². The molecule has 45 heavy (non-hydrogen) atoms. The minimum absolute atomic E-state index is 0.0674. The molecule has 4 aromatic rings. The average molecular weight is 612 g/mol. The molecule has 3 amide bonds. The van der Waals surface area contributed by atoms with Gasteiger partial charge in [-0.2, -0.15) is 10.1 Å². The van der Waals surface area contributed by atoms with Gasteiger partial charge >= 0.3 is 0 Å². The van der Waals surface area contributed by atoms with Crippen LogP contribution in [-0.4, -0.2) is 69.8 Å². The number of alkyl halides is 1. The van der Waals surface area contributed by atoms with Gasteiger partial charge in [0.2, 0.25) is 23.7 Å². The number of aromatic nitrogens is 4. The summed E-state index contributed by atoms with van der Waals surface area (Å²) in [6, 6.07) is 11.1. The van der Waals surface area contributed by atoms with Gasteiger partial charge in [0.1, 0.15) is 12.0 Å². The number of halogens is 1. The lowest BCUT2D eigenvalue weighted by Crippen LogP contribution is -2.48. The maximum Gasteiger partial charge on any atom is 0.235 e. The Morgan fingerprint density at radius 1 is 1.04 bits per heavy atom. The molecule has 1 unspecified atom stereocenters. The Labute approximate surface area is 259 Å². The van der Waals surface area contributed by atoms with E-state index >= 15 is 4.39 Å². The monoisotopic (exact) mass is 611 g/mol. The van der Waals surface area contributed by atoms with Crippen LogP contribution in [0.4, 0.5) is 33.2 Å². The van der Waals surface area contributed by atoms with Crippen molar-refractivity contribution in [1.82, 2.24) is 25.1 Å². The van der Waals surface area contributed by atoms with Crippen LogP contribution >= 0.6 is 0 Å². The van der Waals surface area contributed by atoms with Crippen LogP contribution in [0, 0.1) is 6.92 Å². The number of hydrogen-bond acceptors (Lipinski definition) is 9. The molecule has 13 heteroatoms. The van der Waals surface area contributed by atoms with Gasteiger partial charge in [0.05, 0.1) is 36.1 Å². The number of nitrogens with one attached hydrogen (secondary N) is 3. The van der Waals surface area contributed by atoms with E-state index in [1.54, 1.807) is 22.8 Å². The fraction of sp³-hybridized carbons (Fsp3) is 0.375. The van der Waals surface area contributed by atoms with Crippen molar-refractivity contribution < 1.29 is 18.8 Å². The number of amides is 3. The average Bonchev–Trinajstić information content (AvgIpc) is 3.49. The van der Waals surface area contributed by atoms with Crippen LogP contribution in [0.3, 0.4) is 0 Å². The second-order valence-corrected chi connectivity index (χ2v) is 12.0. The molecule has 5 heterocycles. The molecule has 0 aliphatic carbocycles. The Hall–Kier alpha value is -5.07. The number of carbonyl (C=O) groups is 3. The molecule has 3 N–H and O–H groups in total. The third-order valence-corrected chi connectivity index (χ3v) is 9.00. The van der Waals surface area contributed by atoms with E-state index < -0.39 is 18.1 Å². The second kappa shape index (κ2) is 11.1. The maximum atomic E-state index is 15.6. The molecule has 3 aliphatic rings. The van der Waals surface area contributed by atoms with Crippen LogP contribution in [0.2, 0.25) is 0 Å². The van der Waals surface area contributed by atoms with Gasteiger partial charge in [0.25, 0.3) is 0 Å². The number of rotatable bonds is 6. The molecule has 0 bridgehead atoms. The van der Waals surface area contributed by atoms with E-state index in [2.05, 4.69) is 26.0 Å². The van der Waals surface area contributed by atoms with E-state index in [4.69, 9.17) is 4.98 Å². The van der Waals surface area contributed by atoms with Gasteiger partial charge in [-0.25, -0.2) is 9.37 Å². The van der Waals surface area contributed by atoms with E-state index in [1.807, 2.05) is 55.3 Å². The van der Waals surface area contributed by atoms with E-state index in [0.29, 0.717) is 43.3 Å². The third kappa shape index (κ3) is 5.32. The first-order valence-electron chi connectivity index (χ1n) is 15.1. The molecule has 2 aromatic carbocycles. The number of piperidine rings is 2. The summed E-state index contributed by atoms with van der Waals surface area (Å²) in [4.78, 5) is 48.9. The molecule has 0 radical (unpaired) electrons. The lowest BCUT2D eigenvalue weighted by atomic mass is 9.93. The summed E-state index contributed by atoms with van der Waals surface area (Å²) in [5.74, 6) is 0.0915. The van der Waals surface area contributed by atoms with Crippen LogP contribution in [-0.2, 0) is 27.9 Å². The maximum absolute atomic E-state index is 15.6. The summed E-state index contributed by atoms with van der Waals surface area (Å²) in [5, 5.41) is 14.6. The number of hydrogen-bond donors (Lipinski definition) is 3. The van der Waals surface area contributed by atoms with Crippen molar-refractivity contribution in [3.05, 3.63) is 59.4 Å². The van der Waals surface area contributed by atoms with E-state index in [-0.39, 0.29) is 30.7 Å². The van der Waals surface area contributed by atoms with Crippen LogP contribution in [0.5, 0.6) is 0 Å². The van der Waals surface area contributed by atoms with Gasteiger partial charge in [0, 0.05) is 61.3 Å². The molecule has 2 fully saturated rings. The molecule has 232 valence electrons. The molecule has 2 saturated heterocycles. The number of likely N-dealkylation sites (N-methyl/N-ethyl adjacent to an activating group) is 1. The van der Waals surface area contributed by atoms with Crippen molar-refractivity contribution in [2.24, 2.45) is 7.05 Å². The molecule has 0 saturated carbocycles.